The van der Waals surface area contributed by atoms with Crippen LogP contribution in [0.5, 0.6) is 5.75 Å². The van der Waals surface area contributed by atoms with Crippen LogP contribution in [0, 0.1) is 0 Å². The predicted octanol–water partition coefficient (Wildman–Crippen LogP) is 2.77. The molecular weight excluding hydrogens is 494 g/mol. The lowest BCUT2D eigenvalue weighted by atomic mass is 10.1. The van der Waals surface area contributed by atoms with Gasteiger partial charge in [-0.1, -0.05) is 24.3 Å². The van der Waals surface area contributed by atoms with Gasteiger partial charge in [-0.3, -0.25) is 4.98 Å². The van der Waals surface area contributed by atoms with Gasteiger partial charge in [0.1, 0.15) is 5.75 Å². The molecule has 5 rings (SSSR count). The number of anilines is 1. The average molecular weight is 515 g/mol. The third-order valence-electron chi connectivity index (χ3n) is 5.78. The number of carboxylic acid groups (broad SMARTS) is 1. The molecule has 1 unspecified atom stereocenters. The number of ether oxygens (including phenoxy) is 1. The minimum absolute atomic E-state index is 0.00920. The van der Waals surface area contributed by atoms with E-state index >= 15 is 0 Å². The molecular formula is C26H20N5O5S-. The molecule has 0 spiro atoms. The zero-order valence-electron chi connectivity index (χ0n) is 19.5. The van der Waals surface area contributed by atoms with Gasteiger partial charge in [-0.25, -0.2) is 18.1 Å². The maximum absolute atomic E-state index is 13.9. The van der Waals surface area contributed by atoms with Crippen LogP contribution in [0.3, 0.4) is 0 Å². The summed E-state index contributed by atoms with van der Waals surface area (Å²) in [5.74, 6) is -1.02. The number of sulfone groups is 1. The van der Waals surface area contributed by atoms with Crippen molar-refractivity contribution in [2.75, 3.05) is 12.4 Å². The summed E-state index contributed by atoms with van der Waals surface area (Å²) in [5, 5.41) is 18.3. The van der Waals surface area contributed by atoms with Crippen molar-refractivity contribution in [3.05, 3.63) is 103 Å². The van der Waals surface area contributed by atoms with E-state index in [0.29, 0.717) is 28.0 Å². The van der Waals surface area contributed by atoms with Gasteiger partial charge in [0.15, 0.2) is 11.0 Å². The molecule has 5 aromatic rings. The molecule has 0 bridgehead atoms. The van der Waals surface area contributed by atoms with Gasteiger partial charge in [-0.05, 0) is 42.5 Å². The molecule has 0 aliphatic carbocycles. The number of carboxylic acids is 1. The monoisotopic (exact) mass is 514 g/mol. The molecule has 0 amide bonds. The molecule has 0 saturated carbocycles. The number of carbonyl (C=O) groups is 1. The lowest BCUT2D eigenvalue weighted by Gasteiger charge is -2.23. The summed E-state index contributed by atoms with van der Waals surface area (Å²) in [6.45, 7) is 0. The highest BCUT2D eigenvalue weighted by Gasteiger charge is 2.31. The Kier molecular flexibility index (Phi) is 6.28. The van der Waals surface area contributed by atoms with Crippen molar-refractivity contribution >= 4 is 32.5 Å². The van der Waals surface area contributed by atoms with Crippen molar-refractivity contribution in [3.63, 3.8) is 0 Å². The maximum Gasteiger partial charge on any atom is 0.203 e. The van der Waals surface area contributed by atoms with E-state index in [4.69, 9.17) is 4.74 Å². The molecule has 10 nitrogen and oxygen atoms in total. The van der Waals surface area contributed by atoms with E-state index in [-0.39, 0.29) is 16.1 Å². The lowest BCUT2D eigenvalue weighted by Crippen LogP contribution is -2.27. The number of fused-ring (bicyclic) bond motifs is 1. The highest BCUT2D eigenvalue weighted by atomic mass is 32.2. The van der Waals surface area contributed by atoms with Gasteiger partial charge in [-0.15, -0.1) is 0 Å². The molecule has 0 radical (unpaired) electrons. The topological polar surface area (TPSA) is 139 Å². The van der Waals surface area contributed by atoms with Crippen LogP contribution < -0.4 is 15.2 Å². The van der Waals surface area contributed by atoms with Crippen molar-refractivity contribution in [1.29, 1.82) is 0 Å². The quantitative estimate of drug-likeness (QED) is 0.331. The number of carbonyl (C=O) groups excluding carboxylic acids is 1. The molecule has 0 fully saturated rings. The van der Waals surface area contributed by atoms with Gasteiger partial charge < -0.3 is 20.0 Å². The van der Waals surface area contributed by atoms with E-state index in [1.54, 1.807) is 12.1 Å². The number of aromatic nitrogens is 4. The predicted molar refractivity (Wildman–Crippen MR) is 134 cm³/mol. The standard InChI is InChI=1S/C26H21N5O5S/c1-36-19-9-11-20(12-10-19)37(34,35)25(17-6-5-13-27-14-17)30-23-21-16-29-31(18-7-3-2-4-8-18)24(21)28-15-22(23)26(32)33/h2-16,25H,1H3,(H,28,30)(H,32,33)/p-1. The Bertz CT molecular complexity index is 1670. The van der Waals surface area contributed by atoms with Crippen LogP contribution in [0.4, 0.5) is 5.69 Å². The van der Waals surface area contributed by atoms with E-state index in [9.17, 15) is 18.3 Å². The SMILES string of the molecule is COc1ccc(S(=O)(=O)C(Nc2c(C(=O)[O-])cnc3c2cnn3-c2ccccc2)c2cccnc2)cc1. The molecule has 11 heteroatoms. The maximum atomic E-state index is 13.9. The fourth-order valence-electron chi connectivity index (χ4n) is 3.95. The first-order chi connectivity index (χ1) is 17.9. The van der Waals surface area contributed by atoms with Crippen LogP contribution in [0.2, 0.25) is 0 Å². The van der Waals surface area contributed by atoms with Crippen LogP contribution in [0.25, 0.3) is 16.7 Å². The van der Waals surface area contributed by atoms with E-state index in [0.717, 1.165) is 6.20 Å². The Morgan fingerprint density at radius 2 is 1.76 bits per heavy atom. The number of nitrogens with zero attached hydrogens (tertiary/aromatic N) is 4. The second-order valence-electron chi connectivity index (χ2n) is 7.99. The number of rotatable bonds is 8. The zero-order valence-corrected chi connectivity index (χ0v) is 20.3. The molecule has 0 saturated heterocycles. The van der Waals surface area contributed by atoms with Gasteiger partial charge in [-0.2, -0.15) is 5.10 Å². The fourth-order valence-corrected chi connectivity index (χ4v) is 5.51. The van der Waals surface area contributed by atoms with E-state index in [1.165, 1.54) is 54.6 Å². The number of pyridine rings is 2. The van der Waals surface area contributed by atoms with E-state index in [2.05, 4.69) is 20.4 Å². The highest BCUT2D eigenvalue weighted by molar-refractivity contribution is 7.91. The largest absolute Gasteiger partial charge is 0.545 e. The third-order valence-corrected chi connectivity index (χ3v) is 7.72. The number of para-hydroxylation sites is 1. The van der Waals surface area contributed by atoms with Crippen LogP contribution in [0.1, 0.15) is 21.3 Å². The molecule has 3 heterocycles. The van der Waals surface area contributed by atoms with E-state index in [1.807, 2.05) is 30.3 Å². The van der Waals surface area contributed by atoms with Crippen LogP contribution in [-0.4, -0.2) is 41.2 Å². The van der Waals surface area contributed by atoms with Gasteiger partial charge in [0.05, 0.1) is 40.9 Å². The van der Waals surface area contributed by atoms with Crippen molar-refractivity contribution in [2.24, 2.45) is 0 Å². The van der Waals surface area contributed by atoms with Crippen molar-refractivity contribution in [2.45, 2.75) is 10.3 Å². The second-order valence-corrected chi connectivity index (χ2v) is 10.0. The summed E-state index contributed by atoms with van der Waals surface area (Å²) < 4.78 is 34.4. The van der Waals surface area contributed by atoms with Gasteiger partial charge in [0.2, 0.25) is 9.84 Å². The molecule has 186 valence electrons. The average Bonchev–Trinajstić information content (AvgIpc) is 3.37. The molecule has 0 aliphatic heterocycles. The fraction of sp³-hybridized carbons (Fsp3) is 0.0769. The number of benzene rings is 2. The van der Waals surface area contributed by atoms with Gasteiger partial charge >= 0.3 is 0 Å². The van der Waals surface area contributed by atoms with Gasteiger partial charge in [0, 0.05) is 29.7 Å². The summed E-state index contributed by atoms with van der Waals surface area (Å²) in [6, 6.07) is 18.3. The first-order valence-electron chi connectivity index (χ1n) is 11.1. The third kappa shape index (κ3) is 4.47. The first kappa shape index (κ1) is 23.9. The summed E-state index contributed by atoms with van der Waals surface area (Å²) in [5.41, 5.74) is 1.05. The second kappa shape index (κ2) is 9.70. The Hall–Kier alpha value is -4.77. The van der Waals surface area contributed by atoms with E-state index < -0.39 is 21.2 Å². The molecule has 1 atom stereocenters. The smallest absolute Gasteiger partial charge is 0.203 e. The number of nitrogens with one attached hydrogen (secondary N) is 1. The van der Waals surface area contributed by atoms with Crippen molar-refractivity contribution in [1.82, 2.24) is 19.7 Å². The first-order valence-corrected chi connectivity index (χ1v) is 12.6. The Morgan fingerprint density at radius 3 is 2.41 bits per heavy atom. The normalized spacial score (nSPS) is 12.2. The number of methoxy groups -OCH3 is 1. The summed E-state index contributed by atoms with van der Waals surface area (Å²) in [4.78, 5) is 20.4. The minimum atomic E-state index is -4.10. The number of aromatic carboxylic acids is 1. The summed E-state index contributed by atoms with van der Waals surface area (Å²) in [6.07, 6.45) is 5.48. The number of hydrogen-bond donors (Lipinski definition) is 1. The van der Waals surface area contributed by atoms with Crippen LogP contribution in [0.15, 0.2) is 96.4 Å². The molecule has 37 heavy (non-hydrogen) atoms. The van der Waals surface area contributed by atoms with Crippen molar-refractivity contribution < 1.29 is 23.1 Å². The van der Waals surface area contributed by atoms with Gasteiger partial charge in [0.25, 0.3) is 0 Å². The van der Waals surface area contributed by atoms with Crippen LogP contribution in [-0.2, 0) is 9.84 Å². The minimum Gasteiger partial charge on any atom is -0.545 e. The molecule has 0 aliphatic rings. The lowest BCUT2D eigenvalue weighted by molar-refractivity contribution is -0.254. The van der Waals surface area contributed by atoms with Crippen molar-refractivity contribution in [3.8, 4) is 11.4 Å². The summed E-state index contributed by atoms with van der Waals surface area (Å²) in [7, 11) is -2.62. The summed E-state index contributed by atoms with van der Waals surface area (Å²) >= 11 is 0. The molecule has 3 aromatic heterocycles. The Morgan fingerprint density at radius 1 is 1.00 bits per heavy atom. The number of hydrogen-bond acceptors (Lipinski definition) is 9. The Labute approximate surface area is 212 Å². The zero-order chi connectivity index (χ0) is 26.0. The molecule has 1 N–H and O–H groups in total. The highest BCUT2D eigenvalue weighted by Crippen LogP contribution is 2.35. The Balaban J connectivity index is 1.68. The van der Waals surface area contributed by atoms with Crippen LogP contribution >= 0.6 is 0 Å². The molecule has 2 aromatic carbocycles.